The lowest BCUT2D eigenvalue weighted by atomic mass is 10.3. The number of benzene rings is 1. The fourth-order valence-corrected chi connectivity index (χ4v) is 1.68. The molecule has 0 unspecified atom stereocenters. The number of ether oxygens (including phenoxy) is 1. The van der Waals surface area contributed by atoms with Gasteiger partial charge in [0.1, 0.15) is 17.3 Å². The van der Waals surface area contributed by atoms with Gasteiger partial charge in [-0.2, -0.15) is 0 Å². The molecule has 0 radical (unpaired) electrons. The van der Waals surface area contributed by atoms with E-state index in [0.717, 1.165) is 5.75 Å². The van der Waals surface area contributed by atoms with Crippen LogP contribution in [0.15, 0.2) is 36.7 Å². The van der Waals surface area contributed by atoms with E-state index in [-0.39, 0.29) is 17.7 Å². The highest BCUT2D eigenvalue weighted by Gasteiger charge is 2.09. The molecule has 0 atom stereocenters. The first-order valence-corrected chi connectivity index (χ1v) is 6.66. The molecule has 0 aliphatic rings. The van der Waals surface area contributed by atoms with E-state index in [2.05, 4.69) is 20.6 Å². The molecule has 2 aromatic rings. The van der Waals surface area contributed by atoms with Gasteiger partial charge in [0.15, 0.2) is 0 Å². The normalized spacial score (nSPS) is 10.3. The van der Waals surface area contributed by atoms with Gasteiger partial charge in [-0.3, -0.25) is 9.78 Å². The molecule has 0 spiro atoms. The monoisotopic (exact) mass is 286 g/mol. The molecule has 21 heavy (non-hydrogen) atoms. The fraction of sp³-hybridized carbons (Fsp3) is 0.267. The Morgan fingerprint density at radius 3 is 2.52 bits per heavy atom. The van der Waals surface area contributed by atoms with E-state index in [0.29, 0.717) is 11.5 Å². The summed E-state index contributed by atoms with van der Waals surface area (Å²) in [6.07, 6.45) is 3.09. The minimum Gasteiger partial charge on any atom is -0.491 e. The second-order valence-corrected chi connectivity index (χ2v) is 4.68. The summed E-state index contributed by atoms with van der Waals surface area (Å²) in [5.74, 6) is 1.00. The van der Waals surface area contributed by atoms with E-state index < -0.39 is 0 Å². The van der Waals surface area contributed by atoms with Gasteiger partial charge in [-0.15, -0.1) is 0 Å². The van der Waals surface area contributed by atoms with Crippen molar-refractivity contribution in [3.8, 4) is 5.75 Å². The largest absolute Gasteiger partial charge is 0.491 e. The van der Waals surface area contributed by atoms with E-state index in [9.17, 15) is 4.79 Å². The summed E-state index contributed by atoms with van der Waals surface area (Å²) in [5.41, 5.74) is 0.928. The zero-order valence-electron chi connectivity index (χ0n) is 12.3. The van der Waals surface area contributed by atoms with Gasteiger partial charge >= 0.3 is 0 Å². The lowest BCUT2D eigenvalue weighted by Crippen LogP contribution is -2.14. The van der Waals surface area contributed by atoms with Crippen molar-refractivity contribution in [2.75, 3.05) is 17.7 Å². The Morgan fingerprint density at radius 1 is 1.19 bits per heavy atom. The van der Waals surface area contributed by atoms with E-state index in [1.54, 1.807) is 25.4 Å². The molecule has 110 valence electrons. The van der Waals surface area contributed by atoms with Crippen molar-refractivity contribution in [3.05, 3.63) is 42.4 Å². The van der Waals surface area contributed by atoms with Crippen molar-refractivity contribution in [2.24, 2.45) is 0 Å². The third-order valence-corrected chi connectivity index (χ3v) is 2.61. The predicted molar refractivity (Wildman–Crippen MR) is 81.7 cm³/mol. The molecule has 0 saturated heterocycles. The summed E-state index contributed by atoms with van der Waals surface area (Å²) in [5, 5.41) is 5.61. The van der Waals surface area contributed by atoms with Crippen LogP contribution < -0.4 is 15.4 Å². The van der Waals surface area contributed by atoms with Crippen molar-refractivity contribution in [2.45, 2.75) is 20.0 Å². The molecule has 6 heteroatoms. The third-order valence-electron chi connectivity index (χ3n) is 2.61. The molecule has 1 aromatic carbocycles. The molecule has 2 N–H and O–H groups in total. The number of nitrogens with zero attached hydrogens (tertiary/aromatic N) is 2. The average molecular weight is 286 g/mol. The maximum atomic E-state index is 12.1. The minimum atomic E-state index is -0.308. The number of anilines is 2. The third kappa shape index (κ3) is 4.17. The second-order valence-electron chi connectivity index (χ2n) is 4.68. The van der Waals surface area contributed by atoms with Crippen molar-refractivity contribution < 1.29 is 9.53 Å². The highest BCUT2D eigenvalue weighted by atomic mass is 16.5. The number of hydrogen-bond acceptors (Lipinski definition) is 5. The molecule has 0 fully saturated rings. The summed E-state index contributed by atoms with van der Waals surface area (Å²) in [6.45, 7) is 3.92. The van der Waals surface area contributed by atoms with Crippen LogP contribution in [0.3, 0.4) is 0 Å². The molecule has 6 nitrogen and oxygen atoms in total. The molecule has 1 heterocycles. The summed E-state index contributed by atoms with van der Waals surface area (Å²) in [7, 11) is 1.72. The number of aromatic nitrogens is 2. The molecule has 0 saturated carbocycles. The molecule has 0 aliphatic carbocycles. The van der Waals surface area contributed by atoms with Crippen molar-refractivity contribution in [1.82, 2.24) is 9.97 Å². The van der Waals surface area contributed by atoms with Crippen LogP contribution in [0.1, 0.15) is 24.3 Å². The van der Waals surface area contributed by atoms with E-state index in [1.807, 2.05) is 26.0 Å². The number of carbonyl (C=O) groups excluding carboxylic acids is 1. The zero-order chi connectivity index (χ0) is 15.2. The second kappa shape index (κ2) is 6.69. The Balaban J connectivity index is 2.05. The van der Waals surface area contributed by atoms with Gasteiger partial charge < -0.3 is 15.4 Å². The summed E-state index contributed by atoms with van der Waals surface area (Å²) in [4.78, 5) is 20.2. The predicted octanol–water partition coefficient (Wildman–Crippen LogP) is 2.56. The van der Waals surface area contributed by atoms with Gasteiger partial charge in [0.25, 0.3) is 5.91 Å². The van der Waals surface area contributed by atoms with Crippen LogP contribution in [0.2, 0.25) is 0 Å². The number of hydrogen-bond donors (Lipinski definition) is 2. The van der Waals surface area contributed by atoms with Gasteiger partial charge in [0.2, 0.25) is 0 Å². The standard InChI is InChI=1S/C15H18N4O2/c1-10(2)21-12-6-4-11(5-7-12)18-15(20)13-8-17-9-14(16-3)19-13/h4-10H,1-3H3,(H,16,19)(H,18,20). The molecule has 1 amide bonds. The Labute approximate surface area is 123 Å². The van der Waals surface area contributed by atoms with Crippen LogP contribution in [0.4, 0.5) is 11.5 Å². The highest BCUT2D eigenvalue weighted by molar-refractivity contribution is 6.02. The van der Waals surface area contributed by atoms with Gasteiger partial charge in [-0.25, -0.2) is 4.98 Å². The Morgan fingerprint density at radius 2 is 1.90 bits per heavy atom. The van der Waals surface area contributed by atoms with Crippen LogP contribution in [-0.4, -0.2) is 29.0 Å². The topological polar surface area (TPSA) is 76.1 Å². The van der Waals surface area contributed by atoms with Gasteiger partial charge in [0, 0.05) is 12.7 Å². The lowest BCUT2D eigenvalue weighted by molar-refractivity contribution is 0.102. The molecule has 2 rings (SSSR count). The van der Waals surface area contributed by atoms with Crippen LogP contribution in [0.25, 0.3) is 0 Å². The maximum Gasteiger partial charge on any atom is 0.275 e. The van der Waals surface area contributed by atoms with Gasteiger partial charge in [-0.05, 0) is 38.1 Å². The number of rotatable bonds is 5. The number of carbonyl (C=O) groups is 1. The van der Waals surface area contributed by atoms with E-state index >= 15 is 0 Å². The van der Waals surface area contributed by atoms with Crippen LogP contribution in [-0.2, 0) is 0 Å². The zero-order valence-corrected chi connectivity index (χ0v) is 12.3. The van der Waals surface area contributed by atoms with E-state index in [1.165, 1.54) is 6.20 Å². The first kappa shape index (κ1) is 14.8. The Kier molecular flexibility index (Phi) is 4.71. The highest BCUT2D eigenvalue weighted by Crippen LogP contribution is 2.17. The lowest BCUT2D eigenvalue weighted by Gasteiger charge is -2.10. The van der Waals surface area contributed by atoms with Crippen molar-refractivity contribution in [1.29, 1.82) is 0 Å². The summed E-state index contributed by atoms with van der Waals surface area (Å²) in [6, 6.07) is 7.19. The number of nitrogens with one attached hydrogen (secondary N) is 2. The molecule has 0 aliphatic heterocycles. The van der Waals surface area contributed by atoms with Crippen LogP contribution >= 0.6 is 0 Å². The molecular weight excluding hydrogens is 268 g/mol. The Bertz CT molecular complexity index is 611. The Hall–Kier alpha value is -2.63. The van der Waals surface area contributed by atoms with E-state index in [4.69, 9.17) is 4.74 Å². The fourth-order valence-electron chi connectivity index (χ4n) is 1.68. The van der Waals surface area contributed by atoms with Gasteiger partial charge in [-0.1, -0.05) is 0 Å². The van der Waals surface area contributed by atoms with Gasteiger partial charge in [0.05, 0.1) is 18.5 Å². The first-order valence-electron chi connectivity index (χ1n) is 6.66. The van der Waals surface area contributed by atoms with Crippen LogP contribution in [0, 0.1) is 0 Å². The molecular formula is C15H18N4O2. The van der Waals surface area contributed by atoms with Crippen molar-refractivity contribution in [3.63, 3.8) is 0 Å². The average Bonchev–Trinajstić information content (AvgIpc) is 2.49. The smallest absolute Gasteiger partial charge is 0.275 e. The molecule has 1 aromatic heterocycles. The van der Waals surface area contributed by atoms with Crippen molar-refractivity contribution >= 4 is 17.4 Å². The first-order chi connectivity index (χ1) is 10.1. The summed E-state index contributed by atoms with van der Waals surface area (Å²) >= 11 is 0. The number of amides is 1. The summed E-state index contributed by atoms with van der Waals surface area (Å²) < 4.78 is 5.55. The quantitative estimate of drug-likeness (QED) is 0.883. The maximum absolute atomic E-state index is 12.1. The minimum absolute atomic E-state index is 0.116. The molecule has 0 bridgehead atoms. The SMILES string of the molecule is CNc1cncc(C(=O)Nc2ccc(OC(C)C)cc2)n1. The van der Waals surface area contributed by atoms with Crippen LogP contribution in [0.5, 0.6) is 5.75 Å².